The lowest BCUT2D eigenvalue weighted by atomic mass is 9.99. The van der Waals surface area contributed by atoms with Crippen molar-refractivity contribution in [1.82, 2.24) is 10.6 Å². The number of ether oxygens (including phenoxy) is 1. The highest BCUT2D eigenvalue weighted by Crippen LogP contribution is 2.18. The van der Waals surface area contributed by atoms with Gasteiger partial charge in [-0.3, -0.25) is 0 Å². The molecule has 0 spiro atoms. The van der Waals surface area contributed by atoms with Crippen LogP contribution in [-0.4, -0.2) is 24.6 Å². The zero-order valence-corrected chi connectivity index (χ0v) is 10.9. The molecule has 1 atom stereocenters. The number of rotatable bonds is 4. The summed E-state index contributed by atoms with van der Waals surface area (Å²) >= 11 is 0. The molecule has 0 radical (unpaired) electrons. The Morgan fingerprint density at radius 2 is 2.32 bits per heavy atom. The summed E-state index contributed by atoms with van der Waals surface area (Å²) in [4.78, 5) is 23.5. The molecule has 2 N–H and O–H groups in total. The maximum atomic E-state index is 12.0. The van der Waals surface area contributed by atoms with Crippen LogP contribution < -0.4 is 10.6 Å². The fourth-order valence-corrected chi connectivity index (χ4v) is 2.05. The summed E-state index contributed by atoms with van der Waals surface area (Å²) < 4.78 is 10.3. The summed E-state index contributed by atoms with van der Waals surface area (Å²) in [5.41, 5.74) is 0.941. The van der Waals surface area contributed by atoms with E-state index in [4.69, 9.17) is 9.15 Å². The minimum Gasteiger partial charge on any atom is -0.469 e. The van der Waals surface area contributed by atoms with Crippen LogP contribution in [0.5, 0.6) is 0 Å². The van der Waals surface area contributed by atoms with Crippen molar-refractivity contribution in [2.75, 3.05) is 6.61 Å². The maximum Gasteiger partial charge on any atom is 0.337 e. The first kappa shape index (κ1) is 13.2. The van der Waals surface area contributed by atoms with E-state index in [9.17, 15) is 9.59 Å². The van der Waals surface area contributed by atoms with Gasteiger partial charge in [0.1, 0.15) is 5.76 Å². The molecule has 1 aliphatic heterocycles. The molecular formula is C13H16N2O4. The molecule has 19 heavy (non-hydrogen) atoms. The molecule has 0 saturated carbocycles. The van der Waals surface area contributed by atoms with Crippen LogP contribution >= 0.6 is 0 Å². The number of urea groups is 1. The van der Waals surface area contributed by atoms with Crippen molar-refractivity contribution >= 4 is 12.0 Å². The first-order valence-electron chi connectivity index (χ1n) is 6.09. The highest BCUT2D eigenvalue weighted by atomic mass is 16.5. The molecule has 0 aliphatic carbocycles. The van der Waals surface area contributed by atoms with Gasteiger partial charge in [0.2, 0.25) is 0 Å². The van der Waals surface area contributed by atoms with Crippen molar-refractivity contribution < 1.29 is 18.7 Å². The molecule has 1 aliphatic rings. The molecule has 6 heteroatoms. The Kier molecular flexibility index (Phi) is 3.89. The van der Waals surface area contributed by atoms with E-state index in [1.807, 2.05) is 0 Å². The molecular weight excluding hydrogens is 248 g/mol. The normalized spacial score (nSPS) is 18.8. The van der Waals surface area contributed by atoms with Gasteiger partial charge < -0.3 is 19.8 Å². The van der Waals surface area contributed by atoms with Crippen LogP contribution in [0.1, 0.15) is 19.6 Å². The van der Waals surface area contributed by atoms with Crippen molar-refractivity contribution in [3.05, 3.63) is 35.4 Å². The second kappa shape index (κ2) is 5.60. The highest BCUT2D eigenvalue weighted by Gasteiger charge is 2.31. The van der Waals surface area contributed by atoms with E-state index in [-0.39, 0.29) is 12.6 Å². The van der Waals surface area contributed by atoms with E-state index in [2.05, 4.69) is 10.6 Å². The molecule has 0 saturated heterocycles. The lowest BCUT2D eigenvalue weighted by molar-refractivity contribution is -0.139. The lowest BCUT2D eigenvalue weighted by Crippen LogP contribution is -2.50. The second-order valence-corrected chi connectivity index (χ2v) is 4.19. The fourth-order valence-electron chi connectivity index (χ4n) is 2.05. The zero-order chi connectivity index (χ0) is 13.8. The van der Waals surface area contributed by atoms with E-state index in [0.717, 1.165) is 0 Å². The maximum absolute atomic E-state index is 12.0. The number of nitrogens with one attached hydrogen (secondary N) is 2. The number of furan rings is 1. The molecule has 0 aromatic carbocycles. The van der Waals surface area contributed by atoms with Crippen molar-refractivity contribution in [2.45, 2.75) is 26.3 Å². The van der Waals surface area contributed by atoms with Crippen molar-refractivity contribution in [2.24, 2.45) is 0 Å². The fraction of sp³-hybridized carbons (Fsp3) is 0.385. The van der Waals surface area contributed by atoms with Crippen molar-refractivity contribution in [3.8, 4) is 0 Å². The van der Waals surface area contributed by atoms with E-state index >= 15 is 0 Å². The molecule has 2 amide bonds. The Bertz CT molecular complexity index is 505. The Hall–Kier alpha value is -2.24. The van der Waals surface area contributed by atoms with Gasteiger partial charge in [-0.05, 0) is 26.0 Å². The predicted octanol–water partition coefficient (Wildman–Crippen LogP) is 1.34. The van der Waals surface area contributed by atoms with Gasteiger partial charge in [0.15, 0.2) is 0 Å². The molecule has 102 valence electrons. The van der Waals surface area contributed by atoms with Gasteiger partial charge in [-0.25, -0.2) is 9.59 Å². The van der Waals surface area contributed by atoms with E-state index < -0.39 is 12.0 Å². The van der Waals surface area contributed by atoms with Crippen LogP contribution in [0.3, 0.4) is 0 Å². The lowest BCUT2D eigenvalue weighted by Gasteiger charge is -2.27. The summed E-state index contributed by atoms with van der Waals surface area (Å²) in [6.45, 7) is 3.71. The van der Waals surface area contributed by atoms with E-state index in [1.165, 1.54) is 0 Å². The van der Waals surface area contributed by atoms with Gasteiger partial charge in [0.05, 0.1) is 24.5 Å². The molecule has 2 heterocycles. The third-order valence-corrected chi connectivity index (χ3v) is 2.84. The number of esters is 1. The topological polar surface area (TPSA) is 80.6 Å². The van der Waals surface area contributed by atoms with Gasteiger partial charge in [-0.15, -0.1) is 0 Å². The van der Waals surface area contributed by atoms with Crippen molar-refractivity contribution in [3.63, 3.8) is 0 Å². The van der Waals surface area contributed by atoms with Gasteiger partial charge in [-0.2, -0.15) is 0 Å². The van der Waals surface area contributed by atoms with Crippen molar-refractivity contribution in [1.29, 1.82) is 0 Å². The molecule has 1 aromatic rings. The minimum atomic E-state index is -0.445. The highest BCUT2D eigenvalue weighted by molar-refractivity contribution is 5.94. The van der Waals surface area contributed by atoms with E-state index in [1.54, 1.807) is 32.2 Å². The number of hydrogen-bond donors (Lipinski definition) is 2. The molecule has 6 nitrogen and oxygen atoms in total. The summed E-state index contributed by atoms with van der Waals surface area (Å²) in [7, 11) is 0. The largest absolute Gasteiger partial charge is 0.469 e. The SMILES string of the molecule is CCOC(=O)C1=C(C)NC(=O)NC1Cc1ccco1. The van der Waals surface area contributed by atoms with Gasteiger partial charge >= 0.3 is 12.0 Å². The van der Waals surface area contributed by atoms with Gasteiger partial charge in [0.25, 0.3) is 0 Å². The third kappa shape index (κ3) is 2.96. The smallest absolute Gasteiger partial charge is 0.337 e. The minimum absolute atomic E-state index is 0.289. The van der Waals surface area contributed by atoms with Gasteiger partial charge in [0, 0.05) is 12.1 Å². The van der Waals surface area contributed by atoms with Crippen LogP contribution in [0.4, 0.5) is 4.79 Å². The van der Waals surface area contributed by atoms with E-state index in [0.29, 0.717) is 23.5 Å². The zero-order valence-electron chi connectivity index (χ0n) is 10.9. The molecule has 1 aromatic heterocycles. The van der Waals surface area contributed by atoms with Crippen LogP contribution in [0.15, 0.2) is 34.1 Å². The summed E-state index contributed by atoms with van der Waals surface area (Å²) in [5, 5.41) is 5.28. The average molecular weight is 264 g/mol. The molecule has 0 fully saturated rings. The van der Waals surface area contributed by atoms with Crippen LogP contribution in [0.2, 0.25) is 0 Å². The summed E-state index contributed by atoms with van der Waals surface area (Å²) in [6, 6.07) is 2.78. The molecule has 0 bridgehead atoms. The average Bonchev–Trinajstić information content (AvgIpc) is 2.81. The van der Waals surface area contributed by atoms with Crippen LogP contribution in [-0.2, 0) is 16.0 Å². The summed E-state index contributed by atoms with van der Waals surface area (Å²) in [5.74, 6) is 0.269. The second-order valence-electron chi connectivity index (χ2n) is 4.19. The third-order valence-electron chi connectivity index (χ3n) is 2.84. The Morgan fingerprint density at radius 3 is 2.95 bits per heavy atom. The van der Waals surface area contributed by atoms with Crippen LogP contribution in [0.25, 0.3) is 0 Å². The Labute approximate surface area is 110 Å². The molecule has 1 unspecified atom stereocenters. The number of hydrogen-bond acceptors (Lipinski definition) is 4. The number of carbonyl (C=O) groups excluding carboxylic acids is 2. The summed E-state index contributed by atoms with van der Waals surface area (Å²) in [6.07, 6.45) is 1.96. The number of amides is 2. The van der Waals surface area contributed by atoms with Gasteiger partial charge in [-0.1, -0.05) is 0 Å². The Morgan fingerprint density at radius 1 is 1.53 bits per heavy atom. The first-order chi connectivity index (χ1) is 9.11. The Balaban J connectivity index is 2.24. The first-order valence-corrected chi connectivity index (χ1v) is 6.09. The number of allylic oxidation sites excluding steroid dienone is 1. The molecule has 2 rings (SSSR count). The quantitative estimate of drug-likeness (QED) is 0.804. The number of carbonyl (C=O) groups is 2. The standard InChI is InChI=1S/C13H16N2O4/c1-3-18-12(16)11-8(2)14-13(17)15-10(11)7-9-5-4-6-19-9/h4-6,10H,3,7H2,1-2H3,(H2,14,15,17). The monoisotopic (exact) mass is 264 g/mol. The predicted molar refractivity (Wildman–Crippen MR) is 67.2 cm³/mol. The van der Waals surface area contributed by atoms with Crippen LogP contribution in [0, 0.1) is 0 Å².